The second-order valence-corrected chi connectivity index (χ2v) is 7.45. The van der Waals surface area contributed by atoms with Crippen LogP contribution in [0.15, 0.2) is 30.3 Å². The van der Waals surface area contributed by atoms with Gasteiger partial charge < -0.3 is 10.0 Å². The van der Waals surface area contributed by atoms with Gasteiger partial charge in [0.25, 0.3) is 5.78 Å². The van der Waals surface area contributed by atoms with Crippen LogP contribution in [0.4, 0.5) is 0 Å². The molecular weight excluding hydrogens is 346 g/mol. The van der Waals surface area contributed by atoms with Crippen molar-refractivity contribution >= 4 is 23.4 Å². The highest BCUT2D eigenvalue weighted by Crippen LogP contribution is 2.36. The SMILES string of the molecule is O=C(O)C(=O)C1CCCN1C(=O)C1CCC[C@@H]1C(=O)CCc1ccccc1. The Morgan fingerprint density at radius 3 is 2.37 bits per heavy atom. The number of benzene rings is 1. The van der Waals surface area contributed by atoms with Crippen LogP contribution in [-0.2, 0) is 25.6 Å². The van der Waals surface area contributed by atoms with E-state index in [0.29, 0.717) is 45.1 Å². The van der Waals surface area contributed by atoms with Crippen molar-refractivity contribution in [3.63, 3.8) is 0 Å². The zero-order valence-electron chi connectivity index (χ0n) is 15.3. The summed E-state index contributed by atoms with van der Waals surface area (Å²) >= 11 is 0. The Kier molecular flexibility index (Phi) is 6.04. The molecule has 3 atom stereocenters. The first kappa shape index (κ1) is 19.3. The van der Waals surface area contributed by atoms with Gasteiger partial charge in [0, 0.05) is 24.8 Å². The van der Waals surface area contributed by atoms with Gasteiger partial charge >= 0.3 is 5.97 Å². The molecule has 0 spiro atoms. The first-order chi connectivity index (χ1) is 13.0. The first-order valence-electron chi connectivity index (χ1n) is 9.63. The summed E-state index contributed by atoms with van der Waals surface area (Å²) in [5.74, 6) is -3.29. The van der Waals surface area contributed by atoms with Crippen molar-refractivity contribution in [3.8, 4) is 0 Å². The molecule has 27 heavy (non-hydrogen) atoms. The molecule has 1 saturated heterocycles. The van der Waals surface area contributed by atoms with E-state index in [1.165, 1.54) is 4.90 Å². The molecule has 1 aliphatic heterocycles. The average Bonchev–Trinajstić information content (AvgIpc) is 3.35. The summed E-state index contributed by atoms with van der Waals surface area (Å²) in [5, 5.41) is 8.98. The highest BCUT2D eigenvalue weighted by molar-refractivity contribution is 6.35. The Morgan fingerprint density at radius 1 is 0.963 bits per heavy atom. The van der Waals surface area contributed by atoms with Crippen molar-refractivity contribution in [1.82, 2.24) is 4.90 Å². The molecule has 2 fully saturated rings. The van der Waals surface area contributed by atoms with E-state index < -0.39 is 23.7 Å². The molecule has 6 heteroatoms. The number of carboxylic acids is 1. The average molecular weight is 371 g/mol. The second kappa shape index (κ2) is 8.46. The lowest BCUT2D eigenvalue weighted by Gasteiger charge is -2.28. The lowest BCUT2D eigenvalue weighted by atomic mass is 9.87. The van der Waals surface area contributed by atoms with Crippen LogP contribution in [0.1, 0.15) is 44.1 Å². The largest absolute Gasteiger partial charge is 0.475 e. The molecule has 0 bridgehead atoms. The number of likely N-dealkylation sites (tertiary alicyclic amines) is 1. The minimum atomic E-state index is -1.50. The zero-order chi connectivity index (χ0) is 19.4. The number of carboxylic acid groups (broad SMARTS) is 1. The van der Waals surface area contributed by atoms with E-state index >= 15 is 0 Å². The monoisotopic (exact) mass is 371 g/mol. The molecule has 3 rings (SSSR count). The lowest BCUT2D eigenvalue weighted by molar-refractivity contribution is -0.153. The van der Waals surface area contributed by atoms with Crippen molar-refractivity contribution in [2.45, 2.75) is 51.0 Å². The summed E-state index contributed by atoms with van der Waals surface area (Å²) in [4.78, 5) is 50.1. The van der Waals surface area contributed by atoms with Crippen molar-refractivity contribution in [2.75, 3.05) is 6.54 Å². The van der Waals surface area contributed by atoms with Crippen molar-refractivity contribution < 1.29 is 24.3 Å². The first-order valence-corrected chi connectivity index (χ1v) is 9.63. The third kappa shape index (κ3) is 4.26. The number of carbonyl (C=O) groups excluding carboxylic acids is 3. The number of rotatable bonds is 7. The van der Waals surface area contributed by atoms with Crippen LogP contribution in [0, 0.1) is 11.8 Å². The van der Waals surface area contributed by atoms with Gasteiger partial charge in [0.2, 0.25) is 5.91 Å². The number of nitrogens with zero attached hydrogens (tertiary/aromatic N) is 1. The van der Waals surface area contributed by atoms with Crippen LogP contribution >= 0.6 is 0 Å². The molecule has 1 aliphatic carbocycles. The summed E-state index contributed by atoms with van der Waals surface area (Å²) in [6.45, 7) is 0.393. The second-order valence-electron chi connectivity index (χ2n) is 7.45. The zero-order valence-corrected chi connectivity index (χ0v) is 15.3. The maximum Gasteiger partial charge on any atom is 0.374 e. The summed E-state index contributed by atoms with van der Waals surface area (Å²) in [6, 6.07) is 8.90. The molecule has 1 aromatic rings. The lowest BCUT2D eigenvalue weighted by Crippen LogP contribution is -2.47. The minimum absolute atomic E-state index is 0.0926. The Labute approximate surface area is 158 Å². The van der Waals surface area contributed by atoms with Crippen LogP contribution in [0.2, 0.25) is 0 Å². The van der Waals surface area contributed by atoms with Gasteiger partial charge in [-0.05, 0) is 37.7 Å². The number of hydrogen-bond acceptors (Lipinski definition) is 4. The van der Waals surface area contributed by atoms with Crippen LogP contribution in [0.3, 0.4) is 0 Å². The molecule has 0 radical (unpaired) electrons. The van der Waals surface area contributed by atoms with E-state index in [1.807, 2.05) is 30.3 Å². The predicted octanol–water partition coefficient (Wildman–Crippen LogP) is 2.25. The third-order valence-electron chi connectivity index (χ3n) is 5.80. The van der Waals surface area contributed by atoms with E-state index in [-0.39, 0.29) is 17.6 Å². The number of hydrogen-bond donors (Lipinski definition) is 1. The van der Waals surface area contributed by atoms with Crippen molar-refractivity contribution in [3.05, 3.63) is 35.9 Å². The maximum atomic E-state index is 13.0. The Bertz CT molecular complexity index is 729. The number of amides is 1. The highest BCUT2D eigenvalue weighted by atomic mass is 16.4. The number of carbonyl (C=O) groups is 4. The minimum Gasteiger partial charge on any atom is -0.475 e. The molecule has 2 aliphatic rings. The van der Waals surface area contributed by atoms with Gasteiger partial charge in [0.1, 0.15) is 11.8 Å². The van der Waals surface area contributed by atoms with Crippen LogP contribution in [0.5, 0.6) is 0 Å². The predicted molar refractivity (Wildman–Crippen MR) is 98.0 cm³/mol. The Morgan fingerprint density at radius 2 is 1.67 bits per heavy atom. The molecule has 1 N–H and O–H groups in total. The van der Waals surface area contributed by atoms with Crippen molar-refractivity contribution in [1.29, 1.82) is 0 Å². The Balaban J connectivity index is 1.64. The molecular formula is C21H25NO5. The summed E-state index contributed by atoms with van der Waals surface area (Å²) in [7, 11) is 0. The van der Waals surface area contributed by atoms with E-state index in [9.17, 15) is 19.2 Å². The number of Topliss-reactive ketones (excluding diaryl/α,β-unsaturated/α-hetero) is 2. The summed E-state index contributed by atoms with van der Waals surface area (Å²) in [5.41, 5.74) is 1.10. The third-order valence-corrected chi connectivity index (χ3v) is 5.80. The maximum absolute atomic E-state index is 13.0. The summed E-state index contributed by atoms with van der Waals surface area (Å²) in [6.07, 6.45) is 4.19. The molecule has 6 nitrogen and oxygen atoms in total. The van der Waals surface area contributed by atoms with E-state index in [2.05, 4.69) is 0 Å². The molecule has 1 heterocycles. The molecule has 144 valence electrons. The van der Waals surface area contributed by atoms with Crippen LogP contribution in [0.25, 0.3) is 0 Å². The van der Waals surface area contributed by atoms with Gasteiger partial charge in [-0.2, -0.15) is 0 Å². The van der Waals surface area contributed by atoms with E-state index in [0.717, 1.165) is 12.0 Å². The van der Waals surface area contributed by atoms with Crippen molar-refractivity contribution in [2.24, 2.45) is 11.8 Å². The van der Waals surface area contributed by atoms with Gasteiger partial charge in [0.05, 0.1) is 0 Å². The molecule has 1 saturated carbocycles. The fourth-order valence-electron chi connectivity index (χ4n) is 4.40. The normalized spacial score (nSPS) is 24.7. The van der Waals surface area contributed by atoms with Gasteiger partial charge in [-0.3, -0.25) is 14.4 Å². The fourth-order valence-corrected chi connectivity index (χ4v) is 4.40. The number of ketones is 2. The van der Waals surface area contributed by atoms with E-state index in [4.69, 9.17) is 5.11 Å². The van der Waals surface area contributed by atoms with E-state index in [1.54, 1.807) is 0 Å². The van der Waals surface area contributed by atoms with Crippen LogP contribution in [-0.4, -0.2) is 46.0 Å². The Hall–Kier alpha value is -2.50. The summed E-state index contributed by atoms with van der Waals surface area (Å²) < 4.78 is 0. The topological polar surface area (TPSA) is 91.8 Å². The van der Waals surface area contributed by atoms with Gasteiger partial charge in [-0.25, -0.2) is 4.79 Å². The fraction of sp³-hybridized carbons (Fsp3) is 0.524. The van der Waals surface area contributed by atoms with Gasteiger partial charge in [-0.1, -0.05) is 36.8 Å². The molecule has 2 unspecified atom stereocenters. The number of aliphatic carboxylic acids is 1. The highest BCUT2D eigenvalue weighted by Gasteiger charge is 2.44. The molecule has 0 aromatic heterocycles. The van der Waals surface area contributed by atoms with Gasteiger partial charge in [0.15, 0.2) is 0 Å². The van der Waals surface area contributed by atoms with Crippen LogP contribution < -0.4 is 0 Å². The quantitative estimate of drug-likeness (QED) is 0.742. The smallest absolute Gasteiger partial charge is 0.374 e. The molecule has 1 amide bonds. The number of aryl methyl sites for hydroxylation is 1. The standard InChI is InChI=1S/C21H25NO5/c23-18(12-11-14-6-2-1-3-7-14)15-8-4-9-16(15)20(25)22-13-5-10-17(22)19(24)21(26)27/h1-3,6-7,15-17H,4-5,8-13H2,(H,26,27)/t15-,16?,17?/m0/s1. The molecule has 1 aromatic carbocycles. The van der Waals surface area contributed by atoms with Gasteiger partial charge in [-0.15, -0.1) is 0 Å².